The highest BCUT2D eigenvalue weighted by molar-refractivity contribution is 5.86. The predicted molar refractivity (Wildman–Crippen MR) is 106 cm³/mol. The predicted octanol–water partition coefficient (Wildman–Crippen LogP) is 3.14. The minimum Gasteiger partial charge on any atom is -0.398 e. The molecule has 6 nitrogen and oxygen atoms in total. The second-order valence-electron chi connectivity index (χ2n) is 6.92. The molecule has 1 aliphatic rings. The van der Waals surface area contributed by atoms with Gasteiger partial charge in [-0.15, -0.1) is 0 Å². The summed E-state index contributed by atoms with van der Waals surface area (Å²) in [6.07, 6.45) is 0.835. The number of aliphatic hydroxyl groups excluding tert-OH is 1. The maximum atomic E-state index is 12.8. The number of nitrogens with zero attached hydrogens (tertiary/aromatic N) is 4. The third-order valence-corrected chi connectivity index (χ3v) is 5.16. The summed E-state index contributed by atoms with van der Waals surface area (Å²) in [6.45, 7) is 4.16. The van der Waals surface area contributed by atoms with Crippen LogP contribution in [0.1, 0.15) is 17.4 Å². The molecule has 4 rings (SSSR count). The first-order valence-corrected chi connectivity index (χ1v) is 8.96. The molecule has 0 saturated heterocycles. The number of aryl methyl sites for hydroxylation is 1. The number of aromatic nitrogens is 2. The van der Waals surface area contributed by atoms with E-state index in [2.05, 4.69) is 11.7 Å². The quantitative estimate of drug-likeness (QED) is 0.526. The normalized spacial score (nSPS) is 16.2. The number of hydrogen-bond donors (Lipinski definition) is 2. The van der Waals surface area contributed by atoms with E-state index < -0.39 is 12.9 Å². The highest BCUT2D eigenvalue weighted by Crippen LogP contribution is 2.41. The molecule has 1 aromatic heterocycles. The van der Waals surface area contributed by atoms with Gasteiger partial charge >= 0.3 is 0 Å². The lowest BCUT2D eigenvalue weighted by Crippen LogP contribution is -2.24. The molecular formula is C21H20FN5O. The van der Waals surface area contributed by atoms with Gasteiger partial charge in [0.25, 0.3) is 0 Å². The molecule has 0 fully saturated rings. The number of anilines is 1. The van der Waals surface area contributed by atoms with Crippen molar-refractivity contribution in [1.29, 1.82) is 5.26 Å². The van der Waals surface area contributed by atoms with E-state index in [1.165, 1.54) is 0 Å². The summed E-state index contributed by atoms with van der Waals surface area (Å²) in [5.41, 5.74) is 11.4. The van der Waals surface area contributed by atoms with E-state index in [1.54, 1.807) is 21.8 Å². The van der Waals surface area contributed by atoms with Gasteiger partial charge in [0.15, 0.2) is 0 Å². The molecule has 3 N–H and O–H groups in total. The van der Waals surface area contributed by atoms with Crippen LogP contribution in [0.3, 0.4) is 0 Å². The highest BCUT2D eigenvalue weighted by atomic mass is 19.1. The Morgan fingerprint density at radius 1 is 1.39 bits per heavy atom. The number of rotatable bonds is 5. The summed E-state index contributed by atoms with van der Waals surface area (Å²) in [4.78, 5) is 1.77. The van der Waals surface area contributed by atoms with Crippen molar-refractivity contribution >= 4 is 16.6 Å². The number of benzene rings is 2. The molecule has 7 heteroatoms. The number of hydrogen-bond acceptors (Lipinski definition) is 5. The summed E-state index contributed by atoms with van der Waals surface area (Å²) in [6, 6.07) is 11.6. The van der Waals surface area contributed by atoms with Gasteiger partial charge in [-0.2, -0.15) is 10.4 Å². The minimum absolute atomic E-state index is 0.204. The van der Waals surface area contributed by atoms with Crippen molar-refractivity contribution in [3.8, 4) is 17.2 Å². The molecule has 0 saturated carbocycles. The zero-order valence-electron chi connectivity index (χ0n) is 15.3. The molecule has 1 aliphatic heterocycles. The minimum atomic E-state index is -0.888. The van der Waals surface area contributed by atoms with Gasteiger partial charge in [0.1, 0.15) is 12.9 Å². The lowest BCUT2D eigenvalue weighted by Gasteiger charge is -2.19. The summed E-state index contributed by atoms with van der Waals surface area (Å²) < 4.78 is 14.5. The van der Waals surface area contributed by atoms with Crippen molar-refractivity contribution < 1.29 is 9.50 Å². The average molecular weight is 377 g/mol. The van der Waals surface area contributed by atoms with Gasteiger partial charge in [-0.3, -0.25) is 9.58 Å². The second-order valence-corrected chi connectivity index (χ2v) is 6.92. The largest absolute Gasteiger partial charge is 0.398 e. The van der Waals surface area contributed by atoms with Gasteiger partial charge in [-0.05, 0) is 28.8 Å². The Bertz CT molecular complexity index is 1110. The van der Waals surface area contributed by atoms with Gasteiger partial charge in [0, 0.05) is 35.3 Å². The Kier molecular flexibility index (Phi) is 4.59. The maximum Gasteiger partial charge on any atom is 0.136 e. The van der Waals surface area contributed by atoms with E-state index in [1.807, 2.05) is 30.3 Å². The first-order valence-electron chi connectivity index (χ1n) is 8.96. The fourth-order valence-corrected chi connectivity index (χ4v) is 3.82. The fraction of sp³-hybridized carbons (Fsp3) is 0.238. The first kappa shape index (κ1) is 18.2. The van der Waals surface area contributed by atoms with Crippen LogP contribution in [0.15, 0.2) is 48.7 Å². The van der Waals surface area contributed by atoms with Gasteiger partial charge < -0.3 is 10.8 Å². The lowest BCUT2D eigenvalue weighted by atomic mass is 9.95. The number of nitrogen functional groups attached to an aromatic ring is 1. The number of alkyl halides is 1. The van der Waals surface area contributed by atoms with Crippen LogP contribution in [0.2, 0.25) is 0 Å². The number of aliphatic hydroxyl groups is 1. The number of nitriles is 1. The molecule has 142 valence electrons. The Balaban J connectivity index is 1.79. The topological polar surface area (TPSA) is 91.1 Å². The molecule has 2 aromatic carbocycles. The van der Waals surface area contributed by atoms with E-state index >= 15 is 0 Å². The third kappa shape index (κ3) is 2.93. The summed E-state index contributed by atoms with van der Waals surface area (Å²) in [5.74, 6) is 0. The van der Waals surface area contributed by atoms with Gasteiger partial charge in [-0.1, -0.05) is 24.8 Å². The molecular weight excluding hydrogens is 357 g/mol. The first-order chi connectivity index (χ1) is 13.5. The number of halogens is 1. The Morgan fingerprint density at radius 2 is 2.21 bits per heavy atom. The third-order valence-electron chi connectivity index (χ3n) is 5.16. The molecule has 0 radical (unpaired) electrons. The molecule has 0 amide bonds. The van der Waals surface area contributed by atoms with Crippen molar-refractivity contribution in [3.63, 3.8) is 0 Å². The van der Waals surface area contributed by atoms with Crippen LogP contribution in [-0.2, 0) is 13.1 Å². The van der Waals surface area contributed by atoms with Crippen molar-refractivity contribution in [2.75, 3.05) is 19.0 Å². The van der Waals surface area contributed by atoms with Crippen LogP contribution in [-0.4, -0.2) is 33.0 Å². The molecule has 0 aliphatic carbocycles. The SMILES string of the molecule is C=C(C#N)CN1Cc2c(-c3ccc4cnn(CCF)c4c3)ccc(N)c2C1O. The number of nitrogens with two attached hydrogens (primary N) is 1. The summed E-state index contributed by atoms with van der Waals surface area (Å²) in [5, 5.41) is 24.9. The molecule has 1 atom stereocenters. The fourth-order valence-electron chi connectivity index (χ4n) is 3.82. The molecule has 28 heavy (non-hydrogen) atoms. The smallest absolute Gasteiger partial charge is 0.136 e. The average Bonchev–Trinajstić information content (AvgIpc) is 3.24. The van der Waals surface area contributed by atoms with Crippen LogP contribution >= 0.6 is 0 Å². The van der Waals surface area contributed by atoms with Gasteiger partial charge in [-0.25, -0.2) is 4.39 Å². The van der Waals surface area contributed by atoms with Crippen molar-refractivity contribution in [1.82, 2.24) is 14.7 Å². The van der Waals surface area contributed by atoms with Crippen molar-refractivity contribution in [3.05, 3.63) is 59.8 Å². The Hall–Kier alpha value is -3.21. The Labute approximate surface area is 161 Å². The molecule has 1 unspecified atom stereocenters. The van der Waals surface area contributed by atoms with Crippen molar-refractivity contribution in [2.45, 2.75) is 19.3 Å². The zero-order chi connectivity index (χ0) is 19.8. The highest BCUT2D eigenvalue weighted by Gasteiger charge is 2.32. The van der Waals surface area contributed by atoms with Gasteiger partial charge in [0.2, 0.25) is 0 Å². The van der Waals surface area contributed by atoms with Crippen LogP contribution in [0, 0.1) is 11.3 Å². The second kappa shape index (κ2) is 7.08. The summed E-state index contributed by atoms with van der Waals surface area (Å²) >= 11 is 0. The van der Waals surface area contributed by atoms with E-state index in [4.69, 9.17) is 11.0 Å². The molecule has 0 spiro atoms. The number of fused-ring (bicyclic) bond motifs is 2. The molecule has 0 bridgehead atoms. The van der Waals surface area contributed by atoms with Crippen LogP contribution < -0.4 is 5.73 Å². The molecule has 2 heterocycles. The standard InChI is InChI=1S/C21H20FN5O/c1-13(9-23)11-26-12-17-16(4-5-18(24)20(17)21(26)28)14-2-3-15-10-25-27(7-6-22)19(15)8-14/h2-5,8,10,21,28H,1,6-7,11-12,24H2. The van der Waals surface area contributed by atoms with Crippen LogP contribution in [0.5, 0.6) is 0 Å². The van der Waals surface area contributed by atoms with E-state index in [0.29, 0.717) is 23.4 Å². The zero-order valence-corrected chi connectivity index (χ0v) is 15.3. The van der Waals surface area contributed by atoms with Crippen LogP contribution in [0.25, 0.3) is 22.0 Å². The lowest BCUT2D eigenvalue weighted by molar-refractivity contribution is 0.0217. The molecule has 3 aromatic rings. The summed E-state index contributed by atoms with van der Waals surface area (Å²) in [7, 11) is 0. The maximum absolute atomic E-state index is 12.8. The van der Waals surface area contributed by atoms with Crippen LogP contribution in [0.4, 0.5) is 10.1 Å². The van der Waals surface area contributed by atoms with E-state index in [-0.39, 0.29) is 13.1 Å². The van der Waals surface area contributed by atoms with Crippen molar-refractivity contribution in [2.24, 2.45) is 0 Å². The van der Waals surface area contributed by atoms with E-state index in [9.17, 15) is 9.50 Å². The Morgan fingerprint density at radius 3 is 2.96 bits per heavy atom. The van der Waals surface area contributed by atoms with E-state index in [0.717, 1.165) is 27.6 Å². The monoisotopic (exact) mass is 377 g/mol. The van der Waals surface area contributed by atoms with Gasteiger partial charge in [0.05, 0.1) is 24.3 Å².